The molecule has 0 saturated carbocycles. The van der Waals surface area contributed by atoms with Crippen LogP contribution in [-0.2, 0) is 4.79 Å². The minimum absolute atomic E-state index is 0.329. The van der Waals surface area contributed by atoms with Gasteiger partial charge in [-0.05, 0) is 13.0 Å². The monoisotopic (exact) mass is 376 g/mol. The first-order valence-electron chi connectivity index (χ1n) is 10.2. The maximum Gasteiger partial charge on any atom is 0.251 e. The van der Waals surface area contributed by atoms with Gasteiger partial charge in [0.15, 0.2) is 6.10 Å². The number of aliphatic hydroxyl groups is 4. The minimum Gasteiger partial charge on any atom is -0.394 e. The third kappa shape index (κ3) is 13.5. The standard InChI is InChI=1S/C19H40N2O5/c1-2-3-4-5-6-7-8-9-10-11-12-20-13-14-21-19(26)18(25)17(24)16(23)15-22/h16-18,20,22-25H,2-15H2,1H3,(H,21,26)/t16-,17-,18-/m1/s1. The van der Waals surface area contributed by atoms with E-state index in [1.165, 1.54) is 57.8 Å². The van der Waals surface area contributed by atoms with E-state index in [-0.39, 0.29) is 0 Å². The molecule has 0 heterocycles. The van der Waals surface area contributed by atoms with Crippen LogP contribution in [0.4, 0.5) is 0 Å². The maximum absolute atomic E-state index is 11.6. The molecule has 0 rings (SSSR count). The van der Waals surface area contributed by atoms with Gasteiger partial charge in [-0.15, -0.1) is 0 Å². The van der Waals surface area contributed by atoms with Crippen LogP contribution < -0.4 is 10.6 Å². The number of amides is 1. The summed E-state index contributed by atoms with van der Waals surface area (Å²) in [5.74, 6) is -0.759. The topological polar surface area (TPSA) is 122 Å². The number of unbranched alkanes of at least 4 members (excludes halogenated alkanes) is 9. The largest absolute Gasteiger partial charge is 0.394 e. The predicted molar refractivity (Wildman–Crippen MR) is 103 cm³/mol. The van der Waals surface area contributed by atoms with Gasteiger partial charge in [0.05, 0.1) is 6.61 Å². The molecule has 0 aromatic heterocycles. The summed E-state index contributed by atoms with van der Waals surface area (Å²) >= 11 is 0. The second kappa shape index (κ2) is 17.7. The fourth-order valence-corrected chi connectivity index (χ4v) is 2.71. The highest BCUT2D eigenvalue weighted by Gasteiger charge is 2.29. The van der Waals surface area contributed by atoms with E-state index in [4.69, 9.17) is 5.11 Å². The van der Waals surface area contributed by atoms with Gasteiger partial charge in [0.2, 0.25) is 0 Å². The predicted octanol–water partition coefficient (Wildman–Crippen LogP) is 0.688. The highest BCUT2D eigenvalue weighted by Crippen LogP contribution is 2.10. The second-order valence-electron chi connectivity index (χ2n) is 6.91. The smallest absolute Gasteiger partial charge is 0.251 e. The van der Waals surface area contributed by atoms with E-state index in [9.17, 15) is 20.1 Å². The summed E-state index contributed by atoms with van der Waals surface area (Å²) in [7, 11) is 0. The van der Waals surface area contributed by atoms with Crippen LogP contribution in [0, 0.1) is 0 Å². The highest BCUT2D eigenvalue weighted by atomic mass is 16.4. The van der Waals surface area contributed by atoms with Crippen LogP contribution in [0.1, 0.15) is 71.1 Å². The van der Waals surface area contributed by atoms with Crippen LogP contribution in [0.2, 0.25) is 0 Å². The quantitative estimate of drug-likeness (QED) is 0.196. The van der Waals surface area contributed by atoms with Gasteiger partial charge in [-0.2, -0.15) is 0 Å². The van der Waals surface area contributed by atoms with Gasteiger partial charge in [-0.1, -0.05) is 64.7 Å². The van der Waals surface area contributed by atoms with E-state index in [0.29, 0.717) is 13.1 Å². The minimum atomic E-state index is -1.75. The zero-order valence-electron chi connectivity index (χ0n) is 16.3. The van der Waals surface area contributed by atoms with Gasteiger partial charge < -0.3 is 31.1 Å². The molecule has 7 heteroatoms. The van der Waals surface area contributed by atoms with Crippen LogP contribution in [0.5, 0.6) is 0 Å². The number of rotatable bonds is 18. The molecule has 156 valence electrons. The molecular formula is C19H40N2O5. The summed E-state index contributed by atoms with van der Waals surface area (Å²) in [5.41, 5.74) is 0. The van der Waals surface area contributed by atoms with Gasteiger partial charge in [0, 0.05) is 13.1 Å². The van der Waals surface area contributed by atoms with E-state index < -0.39 is 30.8 Å². The number of nitrogens with one attached hydrogen (secondary N) is 2. The molecule has 3 atom stereocenters. The van der Waals surface area contributed by atoms with Crippen molar-refractivity contribution in [2.24, 2.45) is 0 Å². The molecule has 1 amide bonds. The van der Waals surface area contributed by atoms with Crippen molar-refractivity contribution in [3.8, 4) is 0 Å². The molecule has 0 unspecified atom stereocenters. The van der Waals surface area contributed by atoms with Gasteiger partial charge in [-0.3, -0.25) is 4.79 Å². The second-order valence-corrected chi connectivity index (χ2v) is 6.91. The van der Waals surface area contributed by atoms with Gasteiger partial charge in [0.25, 0.3) is 5.91 Å². The van der Waals surface area contributed by atoms with E-state index >= 15 is 0 Å². The zero-order chi connectivity index (χ0) is 19.6. The van der Waals surface area contributed by atoms with Crippen molar-refractivity contribution in [2.45, 2.75) is 89.4 Å². The van der Waals surface area contributed by atoms with Crippen LogP contribution in [-0.4, -0.2) is 70.9 Å². The molecule has 0 fully saturated rings. The lowest BCUT2D eigenvalue weighted by Gasteiger charge is -2.20. The lowest BCUT2D eigenvalue weighted by Crippen LogP contribution is -2.49. The Balaban J connectivity index is 3.39. The average molecular weight is 377 g/mol. The van der Waals surface area contributed by atoms with Crippen LogP contribution in [0.15, 0.2) is 0 Å². The number of hydrogen-bond acceptors (Lipinski definition) is 6. The Morgan fingerprint density at radius 1 is 0.808 bits per heavy atom. The van der Waals surface area contributed by atoms with Gasteiger partial charge >= 0.3 is 0 Å². The summed E-state index contributed by atoms with van der Waals surface area (Å²) in [4.78, 5) is 11.6. The number of carbonyl (C=O) groups excluding carboxylic acids is 1. The normalized spacial score (nSPS) is 14.8. The molecule has 0 aliphatic rings. The van der Waals surface area contributed by atoms with Crippen molar-refractivity contribution < 1.29 is 25.2 Å². The van der Waals surface area contributed by atoms with E-state index in [1.807, 2.05) is 0 Å². The molecule has 0 aromatic rings. The molecule has 6 N–H and O–H groups in total. The Morgan fingerprint density at radius 2 is 1.35 bits per heavy atom. The summed E-state index contributed by atoms with van der Waals surface area (Å²) in [6, 6.07) is 0. The van der Waals surface area contributed by atoms with E-state index in [0.717, 1.165) is 13.0 Å². The molecule has 0 spiro atoms. The van der Waals surface area contributed by atoms with E-state index in [1.54, 1.807) is 0 Å². The number of aliphatic hydroxyl groups excluding tert-OH is 4. The Morgan fingerprint density at radius 3 is 1.88 bits per heavy atom. The third-order valence-electron chi connectivity index (χ3n) is 4.48. The van der Waals surface area contributed by atoms with Gasteiger partial charge in [-0.25, -0.2) is 0 Å². The summed E-state index contributed by atoms with van der Waals surface area (Å²) in [6.45, 7) is 3.32. The molecular weight excluding hydrogens is 336 g/mol. The highest BCUT2D eigenvalue weighted by molar-refractivity contribution is 5.81. The molecule has 0 saturated heterocycles. The zero-order valence-corrected chi connectivity index (χ0v) is 16.3. The third-order valence-corrected chi connectivity index (χ3v) is 4.48. The molecule has 0 aromatic carbocycles. The first kappa shape index (κ1) is 25.3. The molecule has 0 radical (unpaired) electrons. The fourth-order valence-electron chi connectivity index (χ4n) is 2.71. The molecule has 0 aliphatic heterocycles. The average Bonchev–Trinajstić information content (AvgIpc) is 2.66. The Bertz CT molecular complexity index is 331. The molecule has 0 aliphatic carbocycles. The lowest BCUT2D eigenvalue weighted by atomic mass is 10.1. The van der Waals surface area contributed by atoms with Gasteiger partial charge in [0.1, 0.15) is 12.2 Å². The molecule has 7 nitrogen and oxygen atoms in total. The van der Waals surface area contributed by atoms with Crippen molar-refractivity contribution in [3.05, 3.63) is 0 Å². The summed E-state index contributed by atoms with van der Waals surface area (Å²) in [6.07, 6.45) is 7.99. The van der Waals surface area contributed by atoms with Crippen molar-refractivity contribution in [1.82, 2.24) is 10.6 Å². The van der Waals surface area contributed by atoms with Crippen LogP contribution >= 0.6 is 0 Å². The summed E-state index contributed by atoms with van der Waals surface area (Å²) in [5, 5.41) is 42.5. The van der Waals surface area contributed by atoms with Crippen molar-refractivity contribution >= 4 is 5.91 Å². The van der Waals surface area contributed by atoms with Crippen LogP contribution in [0.25, 0.3) is 0 Å². The first-order chi connectivity index (χ1) is 12.5. The fraction of sp³-hybridized carbons (Fsp3) is 0.947. The molecule has 0 bridgehead atoms. The maximum atomic E-state index is 11.6. The molecule has 26 heavy (non-hydrogen) atoms. The summed E-state index contributed by atoms with van der Waals surface area (Å²) < 4.78 is 0. The van der Waals surface area contributed by atoms with Crippen molar-refractivity contribution in [1.29, 1.82) is 0 Å². The Labute approximate surface area is 158 Å². The lowest BCUT2D eigenvalue weighted by molar-refractivity contribution is -0.142. The number of carbonyl (C=O) groups is 1. The number of hydrogen-bond donors (Lipinski definition) is 6. The Kier molecular flexibility index (Phi) is 17.2. The van der Waals surface area contributed by atoms with Crippen molar-refractivity contribution in [2.75, 3.05) is 26.2 Å². The van der Waals surface area contributed by atoms with Crippen molar-refractivity contribution in [3.63, 3.8) is 0 Å². The first-order valence-corrected chi connectivity index (χ1v) is 10.2. The van der Waals surface area contributed by atoms with E-state index in [2.05, 4.69) is 17.6 Å². The Hall–Kier alpha value is -0.730. The van der Waals surface area contributed by atoms with Crippen LogP contribution in [0.3, 0.4) is 0 Å². The SMILES string of the molecule is CCCCCCCCCCCCNCCNC(=O)[C@H](O)[C@H](O)[C@H](O)CO.